The van der Waals surface area contributed by atoms with Crippen LogP contribution < -0.4 is 23.2 Å². The van der Waals surface area contributed by atoms with E-state index in [9.17, 15) is 0 Å². The summed E-state index contributed by atoms with van der Waals surface area (Å²) in [6.45, 7) is 23.8. The first-order chi connectivity index (χ1) is 27.7. The minimum absolute atomic E-state index is 0.164. The summed E-state index contributed by atoms with van der Waals surface area (Å²) < 4.78 is 26.6. The zero-order chi connectivity index (χ0) is 42.1. The van der Waals surface area contributed by atoms with Gasteiger partial charge < -0.3 is 23.2 Å². The highest BCUT2D eigenvalue weighted by Crippen LogP contribution is 2.49. The Kier molecular flexibility index (Phi) is 16.0. The van der Waals surface area contributed by atoms with Gasteiger partial charge in [0, 0.05) is 16.0 Å². The fourth-order valence-corrected chi connectivity index (χ4v) is 8.88. The van der Waals surface area contributed by atoms with Crippen LogP contribution in [0.5, 0.6) is 28.7 Å². The number of ether oxygens (including phenoxy) is 1. The molecular formula is C50H63O6PS. The minimum atomic E-state index is -2.01. The molecule has 0 N–H and O–H groups in total. The van der Waals surface area contributed by atoms with Crippen molar-refractivity contribution in [1.29, 1.82) is 0 Å². The van der Waals surface area contributed by atoms with Crippen LogP contribution in [-0.2, 0) is 11.5 Å². The molecule has 0 aliphatic heterocycles. The summed E-state index contributed by atoms with van der Waals surface area (Å²) in [5.74, 6) is 4.89. The van der Waals surface area contributed by atoms with Crippen LogP contribution in [-0.4, -0.2) is 13.4 Å². The van der Waals surface area contributed by atoms with Crippen molar-refractivity contribution in [2.45, 2.75) is 124 Å². The normalized spacial score (nSPS) is 13.0. The summed E-state index contributed by atoms with van der Waals surface area (Å²) in [5.41, 5.74) is 10.8. The second-order valence-electron chi connectivity index (χ2n) is 16.3. The van der Waals surface area contributed by atoms with Crippen LogP contribution in [0.2, 0.25) is 0 Å². The van der Waals surface area contributed by atoms with Gasteiger partial charge in [-0.15, -0.1) is 11.8 Å². The monoisotopic (exact) mass is 822 g/mol. The first-order valence-corrected chi connectivity index (χ1v) is 22.8. The summed E-state index contributed by atoms with van der Waals surface area (Å²) in [4.78, 5) is 13.1. The summed E-state index contributed by atoms with van der Waals surface area (Å²) in [7, 11) is -0.254. The van der Waals surface area contributed by atoms with E-state index in [1.807, 2.05) is 6.07 Å². The van der Waals surface area contributed by atoms with E-state index in [0.29, 0.717) is 11.7 Å². The predicted molar refractivity (Wildman–Crippen MR) is 243 cm³/mol. The smallest absolute Gasteiger partial charge is 0.496 e. The number of aryl methyl sites for hydroxylation is 5. The van der Waals surface area contributed by atoms with Crippen LogP contribution in [0.3, 0.4) is 0 Å². The van der Waals surface area contributed by atoms with Crippen molar-refractivity contribution in [2.75, 3.05) is 13.4 Å². The van der Waals surface area contributed by atoms with Gasteiger partial charge >= 0.3 is 8.60 Å². The van der Waals surface area contributed by atoms with Gasteiger partial charge in [-0.3, -0.25) is 0 Å². The molecule has 0 amide bonds. The summed E-state index contributed by atoms with van der Waals surface area (Å²) in [6.07, 6.45) is 4.02. The Labute approximate surface area is 353 Å². The lowest BCUT2D eigenvalue weighted by Gasteiger charge is -2.25. The summed E-state index contributed by atoms with van der Waals surface area (Å²) in [5, 5.41) is 0. The third-order valence-electron chi connectivity index (χ3n) is 10.7. The fraction of sp³-hybridized carbons (Fsp3) is 0.400. The molecule has 0 radical (unpaired) electrons. The molecular weight excluding hydrogens is 760 g/mol. The molecule has 0 heterocycles. The van der Waals surface area contributed by atoms with E-state index in [0.717, 1.165) is 85.2 Å². The number of thioether (sulfide) groups is 1. The maximum atomic E-state index is 6.99. The lowest BCUT2D eigenvalue weighted by atomic mass is 9.88. The molecule has 8 heteroatoms. The highest BCUT2D eigenvalue weighted by molar-refractivity contribution is 7.98. The van der Waals surface area contributed by atoms with Crippen LogP contribution in [0.4, 0.5) is 0 Å². The number of methoxy groups -OCH3 is 1. The highest BCUT2D eigenvalue weighted by atomic mass is 32.2. The van der Waals surface area contributed by atoms with Crippen molar-refractivity contribution in [3.05, 3.63) is 141 Å². The molecule has 0 saturated heterocycles. The van der Waals surface area contributed by atoms with Crippen molar-refractivity contribution in [2.24, 2.45) is 0 Å². The molecule has 58 heavy (non-hydrogen) atoms. The molecule has 0 aliphatic rings. The van der Waals surface area contributed by atoms with E-state index in [-0.39, 0.29) is 24.4 Å². The number of benzene rings is 5. The van der Waals surface area contributed by atoms with Crippen LogP contribution >= 0.6 is 20.4 Å². The molecule has 3 atom stereocenters. The third-order valence-corrected chi connectivity index (χ3v) is 12.4. The SMILES string of the molecule is COc1cc(C)ccc1C(C)CCC(C)c1ccc(C)cc1OP(Oc1cc(C)ccc1C(C)C)Oc1c(C)cc(SC)cc1COOc1cc(C)ccc1C(C)C. The van der Waals surface area contributed by atoms with E-state index in [1.54, 1.807) is 18.9 Å². The predicted octanol–water partition coefficient (Wildman–Crippen LogP) is 15.2. The maximum Gasteiger partial charge on any atom is 0.530 e. The van der Waals surface area contributed by atoms with Crippen molar-refractivity contribution in [3.63, 3.8) is 0 Å². The molecule has 5 aromatic rings. The summed E-state index contributed by atoms with van der Waals surface area (Å²) >= 11 is 1.67. The Morgan fingerprint density at radius 1 is 0.534 bits per heavy atom. The van der Waals surface area contributed by atoms with Gasteiger partial charge in [-0.25, -0.2) is 0 Å². The van der Waals surface area contributed by atoms with Crippen molar-refractivity contribution in [3.8, 4) is 28.7 Å². The maximum absolute atomic E-state index is 6.99. The molecule has 0 aromatic heterocycles. The lowest BCUT2D eigenvalue weighted by Crippen LogP contribution is -2.10. The van der Waals surface area contributed by atoms with E-state index < -0.39 is 8.60 Å². The minimum Gasteiger partial charge on any atom is -0.496 e. The quantitative estimate of drug-likeness (QED) is 0.0356. The zero-order valence-corrected chi connectivity index (χ0v) is 38.5. The molecule has 310 valence electrons. The molecule has 0 fully saturated rings. The zero-order valence-electron chi connectivity index (χ0n) is 36.8. The van der Waals surface area contributed by atoms with Crippen molar-refractivity contribution >= 4 is 20.4 Å². The van der Waals surface area contributed by atoms with Crippen LogP contribution in [0.15, 0.2) is 89.8 Å². The largest absolute Gasteiger partial charge is 0.530 e. The average Bonchev–Trinajstić information content (AvgIpc) is 3.17. The average molecular weight is 823 g/mol. The van der Waals surface area contributed by atoms with Crippen LogP contribution in [0, 0.1) is 34.6 Å². The van der Waals surface area contributed by atoms with Gasteiger partial charge in [0.1, 0.15) is 29.6 Å². The second-order valence-corrected chi connectivity index (χ2v) is 18.2. The summed E-state index contributed by atoms with van der Waals surface area (Å²) in [6, 6.07) is 29.7. The van der Waals surface area contributed by atoms with Gasteiger partial charge in [0.05, 0.1) is 7.11 Å². The molecule has 0 aliphatic carbocycles. The number of hydrogen-bond acceptors (Lipinski definition) is 7. The molecule has 5 aromatic carbocycles. The van der Waals surface area contributed by atoms with E-state index in [2.05, 4.69) is 161 Å². The van der Waals surface area contributed by atoms with Crippen LogP contribution in [0.1, 0.15) is 134 Å². The van der Waals surface area contributed by atoms with Gasteiger partial charge in [-0.2, -0.15) is 4.89 Å². The van der Waals surface area contributed by atoms with Gasteiger partial charge in [0.25, 0.3) is 0 Å². The Bertz CT molecular complexity index is 2150. The first kappa shape index (κ1) is 44.9. The van der Waals surface area contributed by atoms with E-state index in [4.69, 9.17) is 28.1 Å². The van der Waals surface area contributed by atoms with E-state index >= 15 is 0 Å². The number of rotatable bonds is 19. The molecule has 5 rings (SSSR count). The highest BCUT2D eigenvalue weighted by Gasteiger charge is 2.28. The Balaban J connectivity index is 1.48. The second kappa shape index (κ2) is 20.7. The van der Waals surface area contributed by atoms with Crippen LogP contribution in [0.25, 0.3) is 0 Å². The van der Waals surface area contributed by atoms with Gasteiger partial charge in [-0.05, 0) is 158 Å². The molecule has 3 unspecified atom stereocenters. The van der Waals surface area contributed by atoms with Crippen molar-refractivity contribution in [1.82, 2.24) is 0 Å². The van der Waals surface area contributed by atoms with Gasteiger partial charge in [-0.1, -0.05) is 90.1 Å². The molecule has 0 bridgehead atoms. The first-order valence-electron chi connectivity index (χ1n) is 20.4. The lowest BCUT2D eigenvalue weighted by molar-refractivity contribution is -0.218. The third kappa shape index (κ3) is 11.7. The standard InChI is InChI=1S/C50H63O6PS/c1-31(2)42-20-14-34(6)25-47(42)53-52-30-40-29-41(58-13)28-39(11)50(40)56-57(54-48-26-35(7)15-21-43(48)32(3)4)55-49-27-36(8)17-23-45(49)38(10)19-18-37(9)44-22-16-33(5)24-46(44)51-12/h14-17,20-29,31-32,37-38H,18-19,30H2,1-13H3. The molecule has 6 nitrogen and oxygen atoms in total. The molecule has 0 spiro atoms. The Morgan fingerprint density at radius 3 is 1.48 bits per heavy atom. The topological polar surface area (TPSA) is 55.4 Å². The Hall–Kier alpha value is -4.16. The van der Waals surface area contributed by atoms with Gasteiger partial charge in [0.15, 0.2) is 5.75 Å². The Morgan fingerprint density at radius 2 is 0.983 bits per heavy atom. The fourth-order valence-electron chi connectivity index (χ4n) is 7.17. The molecule has 0 saturated carbocycles. The van der Waals surface area contributed by atoms with E-state index in [1.165, 1.54) is 11.1 Å². The number of hydrogen-bond donors (Lipinski definition) is 0. The van der Waals surface area contributed by atoms with Crippen molar-refractivity contribution < 1.29 is 28.1 Å². The van der Waals surface area contributed by atoms with Gasteiger partial charge in [0.2, 0.25) is 0 Å².